The van der Waals surface area contributed by atoms with E-state index in [2.05, 4.69) is 0 Å². The molecule has 1 aromatic carbocycles. The summed E-state index contributed by atoms with van der Waals surface area (Å²) < 4.78 is 22.4. The normalized spacial score (nSPS) is 11.6. The largest absolute Gasteiger partial charge is 0.679 e. The van der Waals surface area contributed by atoms with Crippen molar-refractivity contribution >= 4 is 14.8 Å². The molecule has 0 saturated carbocycles. The van der Waals surface area contributed by atoms with Gasteiger partial charge in [0.05, 0.1) is 0 Å². The average molecular weight is 312 g/mol. The van der Waals surface area contributed by atoms with Crippen LogP contribution in [-0.2, 0) is 17.7 Å². The molecule has 0 N–H and O–H groups in total. The van der Waals surface area contributed by atoms with Crippen molar-refractivity contribution in [1.29, 1.82) is 0 Å². The van der Waals surface area contributed by atoms with Gasteiger partial charge < -0.3 is 17.7 Å². The van der Waals surface area contributed by atoms with Crippen LogP contribution in [0.5, 0.6) is 0 Å². The first-order valence-corrected chi connectivity index (χ1v) is 8.94. The molecular formula is C15H24O5Si. The number of hydrogen-bond donors (Lipinski definition) is 0. The second kappa shape index (κ2) is 9.81. The maximum Gasteiger partial charge on any atom is 0.679 e. The smallest absolute Gasteiger partial charge is 0.351 e. The molecule has 0 fully saturated rings. The van der Waals surface area contributed by atoms with Gasteiger partial charge in [-0.25, -0.2) is 0 Å². The van der Waals surface area contributed by atoms with Crippen molar-refractivity contribution in [1.82, 2.24) is 0 Å². The molecule has 118 valence electrons. The van der Waals surface area contributed by atoms with Crippen LogP contribution in [0.15, 0.2) is 30.3 Å². The standard InChI is InChI=1S/C15H24O5Si/c1-4-17-21(18-5-2,19-6-3)20-13-12-15(16)14-10-8-7-9-11-14/h7-11H,4-6,12-13H2,1-3H3. The van der Waals surface area contributed by atoms with Crippen LogP contribution >= 0.6 is 0 Å². The molecule has 6 heteroatoms. The van der Waals surface area contributed by atoms with E-state index in [4.69, 9.17) is 17.7 Å². The summed E-state index contributed by atoms with van der Waals surface area (Å²) in [6.07, 6.45) is 0.270. The summed E-state index contributed by atoms with van der Waals surface area (Å²) in [6, 6.07) is 9.15. The van der Waals surface area contributed by atoms with E-state index in [0.717, 1.165) is 0 Å². The Morgan fingerprint density at radius 1 is 0.905 bits per heavy atom. The molecule has 1 rings (SSSR count). The highest BCUT2D eigenvalue weighted by Crippen LogP contribution is 2.13. The molecule has 0 atom stereocenters. The van der Waals surface area contributed by atoms with Gasteiger partial charge in [-0.1, -0.05) is 30.3 Å². The molecule has 21 heavy (non-hydrogen) atoms. The van der Waals surface area contributed by atoms with Gasteiger partial charge in [0.15, 0.2) is 5.78 Å². The van der Waals surface area contributed by atoms with Gasteiger partial charge in [-0.3, -0.25) is 4.79 Å². The van der Waals surface area contributed by atoms with Gasteiger partial charge in [0.2, 0.25) is 0 Å². The first-order valence-electron chi connectivity index (χ1n) is 7.31. The van der Waals surface area contributed by atoms with Crippen LogP contribution in [0.1, 0.15) is 37.6 Å². The molecular weight excluding hydrogens is 288 g/mol. The van der Waals surface area contributed by atoms with Crippen LogP contribution in [0.25, 0.3) is 0 Å². The molecule has 0 bridgehead atoms. The van der Waals surface area contributed by atoms with E-state index < -0.39 is 9.05 Å². The number of carbonyl (C=O) groups excluding carboxylic acids is 1. The Hall–Kier alpha value is -1.05. The van der Waals surface area contributed by atoms with Crippen molar-refractivity contribution in [2.45, 2.75) is 27.2 Å². The molecule has 1 aromatic rings. The first kappa shape index (κ1) is 18.0. The highest BCUT2D eigenvalue weighted by atomic mass is 28.4. The summed E-state index contributed by atoms with van der Waals surface area (Å²) in [5.41, 5.74) is 0.678. The lowest BCUT2D eigenvalue weighted by Gasteiger charge is -2.26. The van der Waals surface area contributed by atoms with E-state index >= 15 is 0 Å². The Bertz CT molecular complexity index is 393. The molecule has 0 saturated heterocycles. The third-order valence-corrected chi connectivity index (χ3v) is 5.15. The summed E-state index contributed by atoms with van der Waals surface area (Å²) in [6.45, 7) is 7.13. The maximum absolute atomic E-state index is 12.0. The molecule has 0 heterocycles. The van der Waals surface area contributed by atoms with E-state index in [0.29, 0.717) is 25.4 Å². The van der Waals surface area contributed by atoms with Crippen molar-refractivity contribution in [2.24, 2.45) is 0 Å². The number of carbonyl (C=O) groups is 1. The monoisotopic (exact) mass is 312 g/mol. The quantitative estimate of drug-likeness (QED) is 0.464. The topological polar surface area (TPSA) is 54.0 Å². The van der Waals surface area contributed by atoms with Crippen LogP contribution < -0.4 is 0 Å². The zero-order valence-electron chi connectivity index (χ0n) is 13.0. The number of rotatable bonds is 11. The molecule has 0 spiro atoms. The minimum Gasteiger partial charge on any atom is -0.351 e. The van der Waals surface area contributed by atoms with Crippen molar-refractivity contribution in [3.05, 3.63) is 35.9 Å². The SMILES string of the molecule is CCO[Si](OCC)(OCC)OCCC(=O)c1ccccc1. The van der Waals surface area contributed by atoms with Crippen molar-refractivity contribution in [3.8, 4) is 0 Å². The lowest BCUT2D eigenvalue weighted by Crippen LogP contribution is -2.49. The minimum absolute atomic E-state index is 0.0306. The molecule has 0 aliphatic heterocycles. The predicted octanol–water partition coefficient (Wildman–Crippen LogP) is 2.82. The summed E-state index contributed by atoms with van der Waals surface area (Å²) in [5, 5.41) is 0. The van der Waals surface area contributed by atoms with Crippen LogP contribution in [0.2, 0.25) is 0 Å². The van der Waals surface area contributed by atoms with Gasteiger partial charge >= 0.3 is 9.05 Å². The minimum atomic E-state index is -3.12. The molecule has 0 aliphatic rings. The lowest BCUT2D eigenvalue weighted by atomic mass is 10.1. The third-order valence-electron chi connectivity index (χ3n) is 2.67. The number of benzene rings is 1. The zero-order valence-corrected chi connectivity index (χ0v) is 14.0. The van der Waals surface area contributed by atoms with E-state index in [1.54, 1.807) is 12.1 Å². The van der Waals surface area contributed by atoms with E-state index in [9.17, 15) is 4.79 Å². The van der Waals surface area contributed by atoms with Gasteiger partial charge in [0.1, 0.15) is 0 Å². The fourth-order valence-corrected chi connectivity index (χ4v) is 3.73. The second-order valence-electron chi connectivity index (χ2n) is 4.19. The van der Waals surface area contributed by atoms with E-state index in [1.807, 2.05) is 39.0 Å². The van der Waals surface area contributed by atoms with Gasteiger partial charge in [-0.15, -0.1) is 0 Å². The van der Waals surface area contributed by atoms with Crippen molar-refractivity contribution in [3.63, 3.8) is 0 Å². The fourth-order valence-electron chi connectivity index (χ4n) is 1.82. The Kier molecular flexibility index (Phi) is 8.40. The second-order valence-corrected chi connectivity index (χ2v) is 6.34. The van der Waals surface area contributed by atoms with Crippen LogP contribution in [0.4, 0.5) is 0 Å². The van der Waals surface area contributed by atoms with Gasteiger partial charge in [-0.05, 0) is 20.8 Å². The Morgan fingerprint density at radius 3 is 1.90 bits per heavy atom. The van der Waals surface area contributed by atoms with Gasteiger partial charge in [0, 0.05) is 38.4 Å². The lowest BCUT2D eigenvalue weighted by molar-refractivity contribution is -0.0269. The van der Waals surface area contributed by atoms with Crippen LogP contribution in [0, 0.1) is 0 Å². The number of Topliss-reactive ketones (excluding diaryl/α,β-unsaturated/α-hetero) is 1. The summed E-state index contributed by atoms with van der Waals surface area (Å²) >= 11 is 0. The van der Waals surface area contributed by atoms with Crippen molar-refractivity contribution in [2.75, 3.05) is 26.4 Å². The Morgan fingerprint density at radius 2 is 1.43 bits per heavy atom. The maximum atomic E-state index is 12.0. The summed E-state index contributed by atoms with van der Waals surface area (Å²) in [4.78, 5) is 12.0. The van der Waals surface area contributed by atoms with E-state index in [1.165, 1.54) is 0 Å². The van der Waals surface area contributed by atoms with Crippen LogP contribution in [0.3, 0.4) is 0 Å². The highest BCUT2D eigenvalue weighted by molar-refractivity contribution is 6.53. The predicted molar refractivity (Wildman–Crippen MR) is 82.0 cm³/mol. The molecule has 0 unspecified atom stereocenters. The highest BCUT2D eigenvalue weighted by Gasteiger charge is 2.44. The number of hydrogen-bond acceptors (Lipinski definition) is 5. The zero-order chi connectivity index (χ0) is 15.6. The molecule has 0 aromatic heterocycles. The molecule has 5 nitrogen and oxygen atoms in total. The summed E-state index contributed by atoms with van der Waals surface area (Å²) in [5.74, 6) is 0.0306. The Labute approximate surface area is 127 Å². The first-order chi connectivity index (χ1) is 10.2. The third kappa shape index (κ3) is 6.07. The van der Waals surface area contributed by atoms with Crippen LogP contribution in [-0.4, -0.2) is 41.3 Å². The number of ketones is 1. The van der Waals surface area contributed by atoms with E-state index in [-0.39, 0.29) is 18.8 Å². The molecule has 0 radical (unpaired) electrons. The van der Waals surface area contributed by atoms with Gasteiger partial charge in [0.25, 0.3) is 0 Å². The molecule has 0 amide bonds. The Balaban J connectivity index is 2.54. The average Bonchev–Trinajstić information content (AvgIpc) is 2.49. The fraction of sp³-hybridized carbons (Fsp3) is 0.533. The van der Waals surface area contributed by atoms with Crippen molar-refractivity contribution < 1.29 is 22.5 Å². The summed E-state index contributed by atoms with van der Waals surface area (Å²) in [7, 11) is -3.12. The molecule has 0 aliphatic carbocycles. The van der Waals surface area contributed by atoms with Gasteiger partial charge in [-0.2, -0.15) is 0 Å².